The van der Waals surface area contributed by atoms with Crippen molar-refractivity contribution in [3.05, 3.63) is 94.0 Å². The van der Waals surface area contributed by atoms with E-state index < -0.39 is 6.04 Å². The Hall–Kier alpha value is -3.32. The number of carbonyl (C=O) groups excluding carboxylic acids is 2. The molecule has 0 aliphatic heterocycles. The van der Waals surface area contributed by atoms with Gasteiger partial charge in [0.15, 0.2) is 11.5 Å². The molecule has 40 heavy (non-hydrogen) atoms. The molecular formula is C33H41BrN2O4. The first-order chi connectivity index (χ1) is 19.3. The molecule has 214 valence electrons. The summed E-state index contributed by atoms with van der Waals surface area (Å²) in [7, 11) is 0. The Labute approximate surface area is 247 Å². The minimum Gasteiger partial charge on any atom is -0.490 e. The van der Waals surface area contributed by atoms with Crippen LogP contribution in [0.5, 0.6) is 11.5 Å². The SMILES string of the molecule is CCOc1ccc(CCC(=O)N(Cc2cccc(Br)c2)[C@H](Cc2ccccc2)C(=O)N[C@H](C)CC)cc1OCC. The monoisotopic (exact) mass is 608 g/mol. The summed E-state index contributed by atoms with van der Waals surface area (Å²) in [5.41, 5.74) is 2.94. The molecule has 2 atom stereocenters. The molecule has 2 amide bonds. The number of nitrogens with one attached hydrogen (secondary N) is 1. The van der Waals surface area contributed by atoms with Crippen LogP contribution < -0.4 is 14.8 Å². The van der Waals surface area contributed by atoms with E-state index in [1.165, 1.54) is 0 Å². The normalized spacial score (nSPS) is 12.3. The van der Waals surface area contributed by atoms with E-state index in [0.29, 0.717) is 44.1 Å². The second kappa shape index (κ2) is 16.1. The molecule has 0 bridgehead atoms. The van der Waals surface area contributed by atoms with Gasteiger partial charge in [-0.1, -0.05) is 71.4 Å². The first kappa shape index (κ1) is 31.2. The van der Waals surface area contributed by atoms with E-state index in [9.17, 15) is 9.59 Å². The Morgan fingerprint density at radius 3 is 2.23 bits per heavy atom. The van der Waals surface area contributed by atoms with Crippen LogP contribution in [0.15, 0.2) is 77.3 Å². The maximum atomic E-state index is 14.0. The van der Waals surface area contributed by atoms with Gasteiger partial charge >= 0.3 is 0 Å². The maximum Gasteiger partial charge on any atom is 0.243 e. The number of halogens is 1. The molecule has 0 saturated carbocycles. The van der Waals surface area contributed by atoms with Crippen molar-refractivity contribution in [2.45, 2.75) is 72.0 Å². The van der Waals surface area contributed by atoms with E-state index in [1.807, 2.05) is 100 Å². The van der Waals surface area contributed by atoms with E-state index in [1.54, 1.807) is 4.90 Å². The average Bonchev–Trinajstić information content (AvgIpc) is 2.95. The molecule has 0 spiro atoms. The number of amides is 2. The number of carbonyl (C=O) groups is 2. The minimum atomic E-state index is -0.651. The van der Waals surface area contributed by atoms with Gasteiger partial charge in [0.05, 0.1) is 13.2 Å². The molecule has 0 fully saturated rings. The molecule has 3 aromatic rings. The summed E-state index contributed by atoms with van der Waals surface area (Å²) in [6.07, 6.45) is 2.02. The molecule has 0 aromatic heterocycles. The van der Waals surface area contributed by atoms with Gasteiger partial charge in [-0.15, -0.1) is 0 Å². The molecule has 3 aromatic carbocycles. The van der Waals surface area contributed by atoms with E-state index >= 15 is 0 Å². The molecule has 1 N–H and O–H groups in total. The Morgan fingerprint density at radius 2 is 1.55 bits per heavy atom. The van der Waals surface area contributed by atoms with Crippen molar-refractivity contribution >= 4 is 27.7 Å². The van der Waals surface area contributed by atoms with Crippen molar-refractivity contribution in [1.82, 2.24) is 10.2 Å². The van der Waals surface area contributed by atoms with Gasteiger partial charge in [0, 0.05) is 29.9 Å². The number of benzene rings is 3. The fourth-order valence-corrected chi connectivity index (χ4v) is 4.92. The summed E-state index contributed by atoms with van der Waals surface area (Å²) in [6.45, 7) is 9.29. The van der Waals surface area contributed by atoms with Crippen LogP contribution in [0.4, 0.5) is 0 Å². The van der Waals surface area contributed by atoms with Gasteiger partial charge in [0.2, 0.25) is 11.8 Å². The van der Waals surface area contributed by atoms with Gasteiger partial charge < -0.3 is 19.7 Å². The molecule has 0 aliphatic carbocycles. The summed E-state index contributed by atoms with van der Waals surface area (Å²) in [4.78, 5) is 29.4. The zero-order chi connectivity index (χ0) is 28.9. The van der Waals surface area contributed by atoms with Crippen molar-refractivity contribution in [3.63, 3.8) is 0 Å². The van der Waals surface area contributed by atoms with Crippen LogP contribution in [0.3, 0.4) is 0 Å². The summed E-state index contributed by atoms with van der Waals surface area (Å²) in [6, 6.07) is 22.9. The number of hydrogen-bond acceptors (Lipinski definition) is 4. The predicted molar refractivity (Wildman–Crippen MR) is 164 cm³/mol. The van der Waals surface area contributed by atoms with E-state index in [0.717, 1.165) is 27.6 Å². The fraction of sp³-hybridized carbons (Fsp3) is 0.394. The standard InChI is InChI=1S/C33H41BrN2O4/c1-5-24(4)35-33(38)29(21-25-12-9-8-10-13-25)36(23-27-14-11-15-28(34)20-27)32(37)19-17-26-16-18-30(39-6-2)31(22-26)40-7-3/h8-16,18,20,22,24,29H,5-7,17,19,21,23H2,1-4H3,(H,35,38)/t24-,29-/m1/s1. The lowest BCUT2D eigenvalue weighted by Crippen LogP contribution is -2.52. The first-order valence-electron chi connectivity index (χ1n) is 14.1. The maximum absolute atomic E-state index is 14.0. The molecule has 0 heterocycles. The largest absolute Gasteiger partial charge is 0.490 e. The van der Waals surface area contributed by atoms with Crippen LogP contribution in [-0.2, 0) is 29.0 Å². The second-order valence-electron chi connectivity index (χ2n) is 9.82. The van der Waals surface area contributed by atoms with Gasteiger partial charge in [0.1, 0.15) is 6.04 Å². The highest BCUT2D eigenvalue weighted by Gasteiger charge is 2.31. The quantitative estimate of drug-likeness (QED) is 0.208. The van der Waals surface area contributed by atoms with Crippen molar-refractivity contribution < 1.29 is 19.1 Å². The van der Waals surface area contributed by atoms with Crippen LogP contribution in [-0.4, -0.2) is 42.0 Å². The van der Waals surface area contributed by atoms with E-state index in [2.05, 4.69) is 21.2 Å². The highest BCUT2D eigenvalue weighted by Crippen LogP contribution is 2.29. The third-order valence-corrected chi connectivity index (χ3v) is 7.24. The van der Waals surface area contributed by atoms with Crippen LogP contribution in [0.1, 0.15) is 57.2 Å². The van der Waals surface area contributed by atoms with Gasteiger partial charge in [-0.2, -0.15) is 0 Å². The molecule has 0 radical (unpaired) electrons. The molecule has 6 nitrogen and oxygen atoms in total. The van der Waals surface area contributed by atoms with Crippen molar-refractivity contribution in [3.8, 4) is 11.5 Å². The van der Waals surface area contributed by atoms with Crippen LogP contribution in [0.2, 0.25) is 0 Å². The lowest BCUT2D eigenvalue weighted by Gasteiger charge is -2.32. The summed E-state index contributed by atoms with van der Waals surface area (Å²) >= 11 is 3.54. The van der Waals surface area contributed by atoms with Gasteiger partial charge in [-0.05, 0) is 74.6 Å². The Kier molecular flexibility index (Phi) is 12.5. The topological polar surface area (TPSA) is 67.9 Å². The highest BCUT2D eigenvalue weighted by molar-refractivity contribution is 9.10. The molecule has 7 heteroatoms. The van der Waals surface area contributed by atoms with Crippen molar-refractivity contribution in [1.29, 1.82) is 0 Å². The molecule has 0 saturated heterocycles. The number of ether oxygens (including phenoxy) is 2. The van der Waals surface area contributed by atoms with Gasteiger partial charge in [-0.3, -0.25) is 9.59 Å². The predicted octanol–water partition coefficient (Wildman–Crippen LogP) is 6.73. The first-order valence-corrected chi connectivity index (χ1v) is 14.9. The van der Waals surface area contributed by atoms with Gasteiger partial charge in [0.25, 0.3) is 0 Å². The Morgan fingerprint density at radius 1 is 0.850 bits per heavy atom. The zero-order valence-corrected chi connectivity index (χ0v) is 25.6. The molecular weight excluding hydrogens is 568 g/mol. The summed E-state index contributed by atoms with van der Waals surface area (Å²) < 4.78 is 12.4. The summed E-state index contributed by atoms with van der Waals surface area (Å²) in [5, 5.41) is 3.12. The third-order valence-electron chi connectivity index (χ3n) is 6.75. The number of aryl methyl sites for hydroxylation is 1. The second-order valence-corrected chi connectivity index (χ2v) is 10.7. The van der Waals surface area contributed by atoms with Crippen molar-refractivity contribution in [2.75, 3.05) is 13.2 Å². The number of rotatable bonds is 15. The van der Waals surface area contributed by atoms with Crippen LogP contribution in [0.25, 0.3) is 0 Å². The van der Waals surface area contributed by atoms with Crippen molar-refractivity contribution in [2.24, 2.45) is 0 Å². The summed E-state index contributed by atoms with van der Waals surface area (Å²) in [5.74, 6) is 1.16. The molecule has 0 unspecified atom stereocenters. The van der Waals surface area contributed by atoms with E-state index in [-0.39, 0.29) is 24.3 Å². The zero-order valence-electron chi connectivity index (χ0n) is 24.0. The fourth-order valence-electron chi connectivity index (χ4n) is 4.47. The van der Waals surface area contributed by atoms with Crippen LogP contribution in [0, 0.1) is 0 Å². The third kappa shape index (κ3) is 9.40. The number of hydrogen-bond donors (Lipinski definition) is 1. The Balaban J connectivity index is 1.91. The lowest BCUT2D eigenvalue weighted by atomic mass is 10.0. The Bertz CT molecular complexity index is 1230. The highest BCUT2D eigenvalue weighted by atomic mass is 79.9. The number of nitrogens with zero attached hydrogens (tertiary/aromatic N) is 1. The average molecular weight is 610 g/mol. The van der Waals surface area contributed by atoms with E-state index in [4.69, 9.17) is 9.47 Å². The van der Waals surface area contributed by atoms with Gasteiger partial charge in [-0.25, -0.2) is 0 Å². The smallest absolute Gasteiger partial charge is 0.243 e. The lowest BCUT2D eigenvalue weighted by molar-refractivity contribution is -0.141. The van der Waals surface area contributed by atoms with Crippen LogP contribution >= 0.6 is 15.9 Å². The molecule has 3 rings (SSSR count). The molecule has 0 aliphatic rings. The minimum absolute atomic E-state index is 0.00874.